The van der Waals surface area contributed by atoms with Gasteiger partial charge in [0.2, 0.25) is 5.82 Å². The first-order valence-electron chi connectivity index (χ1n) is 6.46. The number of phenolic OH excluding ortho intramolecular Hbond substituents is 1. The normalized spacial score (nSPS) is 10.6. The number of benzene rings is 2. The van der Waals surface area contributed by atoms with Crippen molar-refractivity contribution in [1.82, 2.24) is 10.1 Å². The summed E-state index contributed by atoms with van der Waals surface area (Å²) in [6.45, 7) is 1.98. The summed E-state index contributed by atoms with van der Waals surface area (Å²) in [6, 6.07) is 12.6. The van der Waals surface area contributed by atoms with Gasteiger partial charge in [0, 0.05) is 5.56 Å². The van der Waals surface area contributed by atoms with Crippen molar-refractivity contribution in [2.24, 2.45) is 0 Å². The Kier molecular flexibility index (Phi) is 3.31. The van der Waals surface area contributed by atoms with Crippen molar-refractivity contribution in [1.29, 1.82) is 0 Å². The average molecular weight is 282 g/mol. The molecule has 2 aromatic carbocycles. The zero-order valence-electron chi connectivity index (χ0n) is 11.7. The minimum absolute atomic E-state index is 0.0655. The Labute approximate surface area is 121 Å². The van der Waals surface area contributed by atoms with Crippen LogP contribution in [0.3, 0.4) is 0 Å². The molecule has 0 bridgehead atoms. The Morgan fingerprint density at radius 1 is 1.10 bits per heavy atom. The number of methoxy groups -OCH3 is 1. The number of ether oxygens (including phenoxy) is 1. The van der Waals surface area contributed by atoms with Crippen LogP contribution >= 0.6 is 0 Å². The lowest BCUT2D eigenvalue weighted by Crippen LogP contribution is -1.86. The number of hydrogen-bond acceptors (Lipinski definition) is 5. The van der Waals surface area contributed by atoms with E-state index in [1.54, 1.807) is 19.2 Å². The maximum absolute atomic E-state index is 9.93. The quantitative estimate of drug-likeness (QED) is 0.797. The summed E-state index contributed by atoms with van der Waals surface area (Å²) in [7, 11) is 1.56. The molecule has 0 fully saturated rings. The molecule has 21 heavy (non-hydrogen) atoms. The van der Waals surface area contributed by atoms with Gasteiger partial charge < -0.3 is 14.4 Å². The van der Waals surface area contributed by atoms with Gasteiger partial charge in [-0.15, -0.1) is 0 Å². The predicted molar refractivity (Wildman–Crippen MR) is 78.1 cm³/mol. The third-order valence-electron chi connectivity index (χ3n) is 3.25. The molecule has 5 nitrogen and oxygen atoms in total. The van der Waals surface area contributed by atoms with Crippen molar-refractivity contribution in [3.8, 4) is 34.3 Å². The summed E-state index contributed by atoms with van der Waals surface area (Å²) in [5, 5.41) is 13.9. The lowest BCUT2D eigenvalue weighted by Gasteiger charge is -2.03. The van der Waals surface area contributed by atoms with Crippen molar-refractivity contribution >= 4 is 0 Å². The molecule has 3 aromatic rings. The Morgan fingerprint density at radius 3 is 2.67 bits per heavy atom. The molecule has 1 aromatic heterocycles. The molecule has 0 aliphatic heterocycles. The second-order valence-electron chi connectivity index (χ2n) is 4.62. The van der Waals surface area contributed by atoms with Gasteiger partial charge in [-0.3, -0.25) is 0 Å². The topological polar surface area (TPSA) is 68.4 Å². The van der Waals surface area contributed by atoms with Gasteiger partial charge in [0.1, 0.15) is 11.5 Å². The number of hydrogen-bond donors (Lipinski definition) is 1. The molecule has 1 N–H and O–H groups in total. The highest BCUT2D eigenvalue weighted by molar-refractivity contribution is 5.67. The van der Waals surface area contributed by atoms with Gasteiger partial charge in [-0.1, -0.05) is 29.4 Å². The molecule has 0 radical (unpaired) electrons. The number of aromatic nitrogens is 2. The number of phenols is 1. The van der Waals surface area contributed by atoms with Crippen LogP contribution in [0.1, 0.15) is 5.56 Å². The molecular weight excluding hydrogens is 268 g/mol. The standard InChI is InChI=1S/C16H14N2O3/c1-10-5-3-4-6-12(10)15-17-16(21-18-15)13-9-11(20-2)7-8-14(13)19/h3-9,19H,1-2H3. The average Bonchev–Trinajstić information content (AvgIpc) is 2.97. The van der Waals surface area contributed by atoms with Crippen LogP contribution in [0.5, 0.6) is 11.5 Å². The summed E-state index contributed by atoms with van der Waals surface area (Å²) >= 11 is 0. The van der Waals surface area contributed by atoms with Gasteiger partial charge >= 0.3 is 0 Å². The minimum atomic E-state index is 0.0655. The smallest absolute Gasteiger partial charge is 0.262 e. The summed E-state index contributed by atoms with van der Waals surface area (Å²) < 4.78 is 10.4. The Hall–Kier alpha value is -2.82. The van der Waals surface area contributed by atoms with Crippen molar-refractivity contribution in [3.63, 3.8) is 0 Å². The fourth-order valence-corrected chi connectivity index (χ4v) is 2.08. The fourth-order valence-electron chi connectivity index (χ4n) is 2.08. The molecule has 0 saturated heterocycles. The summed E-state index contributed by atoms with van der Waals surface area (Å²) in [6.07, 6.45) is 0. The van der Waals surface area contributed by atoms with Crippen LogP contribution in [0.4, 0.5) is 0 Å². The largest absolute Gasteiger partial charge is 0.507 e. The van der Waals surface area contributed by atoms with Crippen molar-refractivity contribution in [3.05, 3.63) is 48.0 Å². The summed E-state index contributed by atoms with van der Waals surface area (Å²) in [5.74, 6) is 1.42. The van der Waals surface area contributed by atoms with Crippen LogP contribution in [-0.4, -0.2) is 22.4 Å². The fraction of sp³-hybridized carbons (Fsp3) is 0.125. The third-order valence-corrected chi connectivity index (χ3v) is 3.25. The molecule has 0 atom stereocenters. The van der Waals surface area contributed by atoms with E-state index in [0.29, 0.717) is 17.1 Å². The monoisotopic (exact) mass is 282 g/mol. The molecule has 0 aliphatic carbocycles. The molecule has 0 unspecified atom stereocenters. The van der Waals surface area contributed by atoms with E-state index in [1.165, 1.54) is 6.07 Å². The van der Waals surface area contributed by atoms with Crippen LogP contribution in [0.25, 0.3) is 22.8 Å². The highest BCUT2D eigenvalue weighted by Crippen LogP contribution is 2.32. The van der Waals surface area contributed by atoms with Gasteiger partial charge in [0.25, 0.3) is 5.89 Å². The zero-order chi connectivity index (χ0) is 14.8. The summed E-state index contributed by atoms with van der Waals surface area (Å²) in [5.41, 5.74) is 2.40. The lowest BCUT2D eigenvalue weighted by molar-refractivity contribution is 0.408. The molecule has 0 saturated carbocycles. The van der Waals surface area contributed by atoms with Crippen LogP contribution in [0.15, 0.2) is 47.0 Å². The molecule has 0 aliphatic rings. The lowest BCUT2D eigenvalue weighted by atomic mass is 10.1. The van der Waals surface area contributed by atoms with Crippen LogP contribution in [-0.2, 0) is 0 Å². The Bertz CT molecular complexity index is 781. The molecule has 3 rings (SSSR count). The summed E-state index contributed by atoms with van der Waals surface area (Å²) in [4.78, 5) is 4.35. The van der Waals surface area contributed by atoms with E-state index in [9.17, 15) is 5.11 Å². The van der Waals surface area contributed by atoms with E-state index in [0.717, 1.165) is 11.1 Å². The number of rotatable bonds is 3. The molecule has 1 heterocycles. The Morgan fingerprint density at radius 2 is 1.90 bits per heavy atom. The van der Waals surface area contributed by atoms with E-state index < -0.39 is 0 Å². The van der Waals surface area contributed by atoms with E-state index in [4.69, 9.17) is 9.26 Å². The maximum Gasteiger partial charge on any atom is 0.262 e. The van der Waals surface area contributed by atoms with E-state index in [2.05, 4.69) is 10.1 Å². The second kappa shape index (κ2) is 5.28. The Balaban J connectivity index is 2.05. The molecular formula is C16H14N2O3. The van der Waals surface area contributed by atoms with Crippen molar-refractivity contribution in [2.45, 2.75) is 6.92 Å². The highest BCUT2D eigenvalue weighted by atomic mass is 16.5. The van der Waals surface area contributed by atoms with Gasteiger partial charge in [-0.05, 0) is 30.7 Å². The zero-order valence-corrected chi connectivity index (χ0v) is 11.7. The van der Waals surface area contributed by atoms with Gasteiger partial charge in [0.15, 0.2) is 0 Å². The number of nitrogens with zero attached hydrogens (tertiary/aromatic N) is 2. The minimum Gasteiger partial charge on any atom is -0.507 e. The van der Waals surface area contributed by atoms with E-state index in [-0.39, 0.29) is 11.6 Å². The molecule has 5 heteroatoms. The molecule has 0 spiro atoms. The first-order chi connectivity index (χ1) is 10.2. The number of aryl methyl sites for hydroxylation is 1. The third kappa shape index (κ3) is 2.45. The van der Waals surface area contributed by atoms with Crippen LogP contribution in [0, 0.1) is 6.92 Å². The van der Waals surface area contributed by atoms with Crippen LogP contribution < -0.4 is 4.74 Å². The van der Waals surface area contributed by atoms with Crippen LogP contribution in [0.2, 0.25) is 0 Å². The number of aromatic hydroxyl groups is 1. The predicted octanol–water partition coefficient (Wildman–Crippen LogP) is 3.43. The van der Waals surface area contributed by atoms with Crippen molar-refractivity contribution in [2.75, 3.05) is 7.11 Å². The first-order valence-corrected chi connectivity index (χ1v) is 6.46. The SMILES string of the molecule is COc1ccc(O)c(-c2nc(-c3ccccc3C)no2)c1. The van der Waals surface area contributed by atoms with Gasteiger partial charge in [0.05, 0.1) is 12.7 Å². The second-order valence-corrected chi connectivity index (χ2v) is 4.62. The van der Waals surface area contributed by atoms with E-state index >= 15 is 0 Å². The molecule has 106 valence electrons. The first kappa shape index (κ1) is 13.2. The van der Waals surface area contributed by atoms with E-state index in [1.807, 2.05) is 31.2 Å². The van der Waals surface area contributed by atoms with Crippen molar-refractivity contribution < 1.29 is 14.4 Å². The maximum atomic E-state index is 9.93. The highest BCUT2D eigenvalue weighted by Gasteiger charge is 2.15. The van der Waals surface area contributed by atoms with Gasteiger partial charge in [-0.25, -0.2) is 0 Å². The van der Waals surface area contributed by atoms with Gasteiger partial charge in [-0.2, -0.15) is 4.98 Å². The molecule has 0 amide bonds.